The third-order valence-electron chi connectivity index (χ3n) is 4.94. The number of carboxylic acid groups (broad SMARTS) is 1. The summed E-state index contributed by atoms with van der Waals surface area (Å²) < 4.78 is 18.0. The smallest absolute Gasteiger partial charge is 0.449 e. The lowest BCUT2D eigenvalue weighted by Crippen LogP contribution is -2.50. The topological polar surface area (TPSA) is 82.1 Å². The molecule has 0 saturated carbocycles. The molecule has 2 N–H and O–H groups in total. The Morgan fingerprint density at radius 1 is 1.00 bits per heavy atom. The van der Waals surface area contributed by atoms with Gasteiger partial charge in [0.1, 0.15) is 5.82 Å². The van der Waals surface area contributed by atoms with Gasteiger partial charge in [0, 0.05) is 36.7 Å². The van der Waals surface area contributed by atoms with Gasteiger partial charge in [-0.3, -0.25) is 0 Å². The summed E-state index contributed by atoms with van der Waals surface area (Å²) in [6.45, 7) is 2.18. The fourth-order valence-electron chi connectivity index (χ4n) is 3.38. The number of piperazine rings is 1. The van der Waals surface area contributed by atoms with Crippen LogP contribution in [0.5, 0.6) is 5.06 Å². The summed E-state index contributed by atoms with van der Waals surface area (Å²) >= 11 is 1.15. The molecule has 9 heteroatoms. The van der Waals surface area contributed by atoms with Gasteiger partial charge in [0.2, 0.25) is 5.06 Å². The summed E-state index contributed by atoms with van der Waals surface area (Å²) in [5, 5.41) is 11.9. The molecule has 2 aromatic carbocycles. The summed E-state index contributed by atoms with van der Waals surface area (Å²) in [5.41, 5.74) is 2.12. The van der Waals surface area contributed by atoms with E-state index < -0.39 is 6.16 Å². The number of hydrogen-bond acceptors (Lipinski definition) is 5. The molecule has 1 aliphatic rings. The van der Waals surface area contributed by atoms with Crippen LogP contribution >= 0.6 is 11.3 Å². The predicted octanol–water partition coefficient (Wildman–Crippen LogP) is 4.97. The van der Waals surface area contributed by atoms with Crippen LogP contribution in [0.3, 0.4) is 0 Å². The largest absolute Gasteiger partial charge is 0.512 e. The molecule has 0 radical (unpaired) electrons. The molecule has 2 heterocycles. The van der Waals surface area contributed by atoms with Gasteiger partial charge in [-0.15, -0.1) is 0 Å². The fraction of sp³-hybridized carbons (Fsp3) is 0.182. The molecule has 0 unspecified atom stereocenters. The van der Waals surface area contributed by atoms with Crippen LogP contribution in [0.2, 0.25) is 0 Å². The van der Waals surface area contributed by atoms with E-state index in [-0.39, 0.29) is 16.9 Å². The van der Waals surface area contributed by atoms with Gasteiger partial charge < -0.3 is 25.0 Å². The Morgan fingerprint density at radius 3 is 2.32 bits per heavy atom. The van der Waals surface area contributed by atoms with Crippen molar-refractivity contribution in [1.82, 2.24) is 4.90 Å². The number of nitrogens with zero attached hydrogens (tertiary/aromatic N) is 2. The molecule has 0 aliphatic carbocycles. The van der Waals surface area contributed by atoms with Crippen molar-refractivity contribution in [3.05, 3.63) is 66.5 Å². The minimum atomic E-state index is -1.44. The van der Waals surface area contributed by atoms with Crippen LogP contribution in [0.25, 0.3) is 10.4 Å². The van der Waals surface area contributed by atoms with E-state index in [1.807, 2.05) is 30.3 Å². The number of carbonyl (C=O) groups is 2. The van der Waals surface area contributed by atoms with Crippen LogP contribution in [0.15, 0.2) is 60.7 Å². The van der Waals surface area contributed by atoms with Gasteiger partial charge in [-0.1, -0.05) is 41.7 Å². The lowest BCUT2D eigenvalue weighted by molar-refractivity contribution is 0.146. The van der Waals surface area contributed by atoms with Gasteiger partial charge in [0.25, 0.3) is 0 Å². The predicted molar refractivity (Wildman–Crippen MR) is 118 cm³/mol. The van der Waals surface area contributed by atoms with Crippen LogP contribution < -0.4 is 15.0 Å². The molecule has 3 aromatic rings. The number of anilines is 2. The maximum atomic E-state index is 13.1. The second-order valence-corrected chi connectivity index (χ2v) is 7.94. The molecule has 1 aliphatic heterocycles. The number of hydrogen-bond donors (Lipinski definition) is 2. The summed E-state index contributed by atoms with van der Waals surface area (Å²) in [6.07, 6.45) is -1.44. The maximum absolute atomic E-state index is 13.1. The average Bonchev–Trinajstić information content (AvgIpc) is 3.16. The van der Waals surface area contributed by atoms with E-state index in [4.69, 9.17) is 9.84 Å². The van der Waals surface area contributed by atoms with E-state index in [9.17, 15) is 14.0 Å². The number of nitrogens with one attached hydrogen (secondary N) is 1. The highest BCUT2D eigenvalue weighted by molar-refractivity contribution is 7.18. The van der Waals surface area contributed by atoms with Crippen molar-refractivity contribution in [2.24, 2.45) is 0 Å². The molecule has 0 spiro atoms. The Bertz CT molecular complexity index is 1060. The van der Waals surface area contributed by atoms with Gasteiger partial charge in [0.15, 0.2) is 0 Å². The molecular formula is C22H20FN3O4S. The van der Waals surface area contributed by atoms with Gasteiger partial charge in [-0.2, -0.15) is 0 Å². The molecule has 1 fully saturated rings. The van der Waals surface area contributed by atoms with E-state index >= 15 is 0 Å². The SMILES string of the molecule is O=C(O)Oc1sc(-c2ccccc2)cc1NC(=O)N1CCN(c2ccc(F)cc2)CC1. The number of amides is 2. The second kappa shape index (κ2) is 9.05. The summed E-state index contributed by atoms with van der Waals surface area (Å²) in [7, 11) is 0. The molecule has 160 valence electrons. The Kier molecular flexibility index (Phi) is 6.03. The van der Waals surface area contributed by atoms with Crippen molar-refractivity contribution in [2.45, 2.75) is 0 Å². The molecular weight excluding hydrogens is 421 g/mol. The quantitative estimate of drug-likeness (QED) is 0.559. The van der Waals surface area contributed by atoms with E-state index in [1.165, 1.54) is 12.1 Å². The number of thiophene rings is 1. The number of urea groups is 1. The minimum absolute atomic E-state index is 0.115. The Balaban J connectivity index is 1.44. The Labute approximate surface area is 182 Å². The lowest BCUT2D eigenvalue weighted by atomic mass is 10.2. The van der Waals surface area contributed by atoms with Crippen LogP contribution in [0.4, 0.5) is 25.4 Å². The number of carbonyl (C=O) groups excluding carboxylic acids is 1. The highest BCUT2D eigenvalue weighted by Gasteiger charge is 2.24. The summed E-state index contributed by atoms with van der Waals surface area (Å²) in [5.74, 6) is -0.285. The zero-order chi connectivity index (χ0) is 21.8. The average molecular weight is 441 g/mol. The first kappa shape index (κ1) is 20.7. The molecule has 0 bridgehead atoms. The van der Waals surface area contributed by atoms with Crippen molar-refractivity contribution in [3.8, 4) is 15.5 Å². The zero-order valence-corrected chi connectivity index (χ0v) is 17.3. The van der Waals surface area contributed by atoms with Crippen molar-refractivity contribution in [3.63, 3.8) is 0 Å². The summed E-state index contributed by atoms with van der Waals surface area (Å²) in [4.78, 5) is 28.4. The molecule has 1 saturated heterocycles. The van der Waals surface area contributed by atoms with E-state index in [1.54, 1.807) is 23.1 Å². The standard InChI is InChI=1S/C22H20FN3O4S/c23-16-6-8-17(9-7-16)25-10-12-26(13-11-25)21(27)24-18-14-19(15-4-2-1-3-5-15)31-20(18)30-22(28)29/h1-9,14H,10-13H2,(H,24,27)(H,28,29). The number of rotatable bonds is 4. The first-order valence-corrected chi connectivity index (χ1v) is 10.5. The van der Waals surface area contributed by atoms with Gasteiger partial charge in [-0.05, 0) is 35.9 Å². The number of benzene rings is 2. The first-order valence-electron chi connectivity index (χ1n) is 9.66. The van der Waals surface area contributed by atoms with Crippen molar-refractivity contribution in [2.75, 3.05) is 36.4 Å². The summed E-state index contributed by atoms with van der Waals surface area (Å²) in [6, 6.07) is 17.1. The van der Waals surface area contributed by atoms with Crippen molar-refractivity contribution in [1.29, 1.82) is 0 Å². The van der Waals surface area contributed by atoms with Crippen LogP contribution in [0.1, 0.15) is 0 Å². The monoisotopic (exact) mass is 441 g/mol. The molecule has 4 rings (SSSR count). The van der Waals surface area contributed by atoms with E-state index in [2.05, 4.69) is 10.2 Å². The fourth-order valence-corrected chi connectivity index (χ4v) is 4.34. The third kappa shape index (κ3) is 4.95. The second-order valence-electron chi connectivity index (χ2n) is 6.93. The van der Waals surface area contributed by atoms with Crippen molar-refractivity contribution < 1.29 is 23.8 Å². The minimum Gasteiger partial charge on any atom is -0.449 e. The number of halogens is 1. The number of ether oxygens (including phenoxy) is 1. The highest BCUT2D eigenvalue weighted by atomic mass is 32.1. The van der Waals surface area contributed by atoms with Gasteiger partial charge in [-0.25, -0.2) is 14.0 Å². The Morgan fingerprint density at radius 2 is 1.68 bits per heavy atom. The first-order chi connectivity index (χ1) is 15.0. The zero-order valence-electron chi connectivity index (χ0n) is 16.5. The molecule has 2 amide bonds. The molecule has 1 aromatic heterocycles. The molecule has 31 heavy (non-hydrogen) atoms. The van der Waals surface area contributed by atoms with E-state index in [0.29, 0.717) is 31.9 Å². The lowest BCUT2D eigenvalue weighted by Gasteiger charge is -2.36. The third-order valence-corrected chi connectivity index (χ3v) is 6.00. The molecule has 7 nitrogen and oxygen atoms in total. The molecule has 0 atom stereocenters. The van der Waals surface area contributed by atoms with Crippen LogP contribution in [-0.4, -0.2) is 48.4 Å². The Hall–Kier alpha value is -3.59. The van der Waals surface area contributed by atoms with E-state index in [0.717, 1.165) is 27.5 Å². The van der Waals surface area contributed by atoms with Crippen LogP contribution in [-0.2, 0) is 0 Å². The van der Waals surface area contributed by atoms with Crippen molar-refractivity contribution >= 4 is 34.9 Å². The van der Waals surface area contributed by atoms with Crippen LogP contribution in [0, 0.1) is 5.82 Å². The maximum Gasteiger partial charge on any atom is 0.512 e. The normalized spacial score (nSPS) is 13.7. The van der Waals surface area contributed by atoms with Gasteiger partial charge >= 0.3 is 12.2 Å². The highest BCUT2D eigenvalue weighted by Crippen LogP contribution is 2.41. The van der Waals surface area contributed by atoms with Gasteiger partial charge in [0.05, 0.1) is 5.69 Å².